The zero-order chi connectivity index (χ0) is 20.7. The van der Waals surface area contributed by atoms with Crippen LogP contribution in [0.1, 0.15) is 27.7 Å². The molecular weight excluding hydrogens is 371 g/mol. The van der Waals surface area contributed by atoms with Crippen LogP contribution in [-0.2, 0) is 9.31 Å². The van der Waals surface area contributed by atoms with E-state index >= 15 is 0 Å². The van der Waals surface area contributed by atoms with Gasteiger partial charge in [-0.1, -0.05) is 54.6 Å². The summed E-state index contributed by atoms with van der Waals surface area (Å²) in [7, 11) is -0.393. The summed E-state index contributed by atoms with van der Waals surface area (Å²) in [5, 5.41) is 7.16. The van der Waals surface area contributed by atoms with Gasteiger partial charge in [-0.15, -0.1) is 0 Å². The average molecular weight is 394 g/mol. The molecule has 4 aromatic carbocycles. The monoisotopic (exact) mass is 394 g/mol. The fourth-order valence-corrected chi connectivity index (χ4v) is 4.51. The van der Waals surface area contributed by atoms with E-state index in [2.05, 4.69) is 82.3 Å². The second-order valence-corrected chi connectivity index (χ2v) is 9.27. The molecular formula is C26H23BO3. The third-order valence-corrected chi connectivity index (χ3v) is 6.89. The van der Waals surface area contributed by atoms with Crippen LogP contribution in [-0.4, -0.2) is 18.3 Å². The van der Waals surface area contributed by atoms with Gasteiger partial charge < -0.3 is 13.7 Å². The van der Waals surface area contributed by atoms with Gasteiger partial charge in [0.05, 0.1) is 11.2 Å². The van der Waals surface area contributed by atoms with Crippen molar-refractivity contribution in [2.24, 2.45) is 0 Å². The van der Waals surface area contributed by atoms with E-state index in [1.165, 1.54) is 21.5 Å². The van der Waals surface area contributed by atoms with Gasteiger partial charge in [-0.05, 0) is 61.4 Å². The number of furan rings is 1. The molecule has 1 aliphatic rings. The molecule has 5 aromatic rings. The molecule has 148 valence electrons. The Morgan fingerprint density at radius 2 is 1.30 bits per heavy atom. The quantitative estimate of drug-likeness (QED) is 0.251. The molecule has 30 heavy (non-hydrogen) atoms. The maximum Gasteiger partial charge on any atom is 0.494 e. The molecule has 0 atom stereocenters. The van der Waals surface area contributed by atoms with Crippen molar-refractivity contribution in [3.05, 3.63) is 66.7 Å². The molecule has 3 nitrogen and oxygen atoms in total. The fraction of sp³-hybridized carbons (Fsp3) is 0.231. The second-order valence-electron chi connectivity index (χ2n) is 9.27. The van der Waals surface area contributed by atoms with Crippen LogP contribution in [0.3, 0.4) is 0 Å². The van der Waals surface area contributed by atoms with Gasteiger partial charge in [0.15, 0.2) is 0 Å². The molecule has 1 aromatic heterocycles. The molecule has 4 heteroatoms. The minimum absolute atomic E-state index is 0.367. The highest BCUT2D eigenvalue weighted by molar-refractivity contribution is 6.62. The smallest absolute Gasteiger partial charge is 0.456 e. The Morgan fingerprint density at radius 1 is 0.633 bits per heavy atom. The van der Waals surface area contributed by atoms with Crippen molar-refractivity contribution >= 4 is 56.1 Å². The highest BCUT2D eigenvalue weighted by Crippen LogP contribution is 2.39. The Bertz CT molecular complexity index is 1450. The Morgan fingerprint density at radius 3 is 2.10 bits per heavy atom. The lowest BCUT2D eigenvalue weighted by Gasteiger charge is -2.32. The lowest BCUT2D eigenvalue weighted by atomic mass is 9.78. The first kappa shape index (κ1) is 18.0. The minimum Gasteiger partial charge on any atom is -0.456 e. The van der Waals surface area contributed by atoms with Crippen LogP contribution in [0, 0.1) is 0 Å². The van der Waals surface area contributed by atoms with Gasteiger partial charge in [-0.25, -0.2) is 0 Å². The molecule has 0 unspecified atom stereocenters. The van der Waals surface area contributed by atoms with Crippen molar-refractivity contribution in [3.8, 4) is 0 Å². The summed E-state index contributed by atoms with van der Waals surface area (Å²) in [6, 6.07) is 23.4. The molecule has 0 saturated carbocycles. The van der Waals surface area contributed by atoms with Crippen LogP contribution in [0.15, 0.2) is 71.1 Å². The highest BCUT2D eigenvalue weighted by Gasteiger charge is 2.51. The molecule has 1 saturated heterocycles. The van der Waals surface area contributed by atoms with E-state index < -0.39 is 7.12 Å². The molecule has 0 amide bonds. The van der Waals surface area contributed by atoms with Gasteiger partial charge in [0.25, 0.3) is 0 Å². The summed E-state index contributed by atoms with van der Waals surface area (Å²) < 4.78 is 18.8. The topological polar surface area (TPSA) is 31.6 Å². The third-order valence-electron chi connectivity index (χ3n) is 6.89. The highest BCUT2D eigenvalue weighted by atomic mass is 16.7. The maximum atomic E-state index is 6.29. The molecule has 0 bridgehead atoms. The largest absolute Gasteiger partial charge is 0.494 e. The van der Waals surface area contributed by atoms with Crippen LogP contribution in [0.25, 0.3) is 43.5 Å². The van der Waals surface area contributed by atoms with E-state index in [4.69, 9.17) is 13.7 Å². The van der Waals surface area contributed by atoms with Crippen molar-refractivity contribution in [2.45, 2.75) is 38.9 Å². The number of benzene rings is 4. The lowest BCUT2D eigenvalue weighted by molar-refractivity contribution is 0.00578. The van der Waals surface area contributed by atoms with E-state index in [0.29, 0.717) is 0 Å². The number of hydrogen-bond acceptors (Lipinski definition) is 3. The lowest BCUT2D eigenvalue weighted by Crippen LogP contribution is -2.41. The zero-order valence-electron chi connectivity index (χ0n) is 17.7. The van der Waals surface area contributed by atoms with Crippen LogP contribution in [0.4, 0.5) is 0 Å². The number of hydrogen-bond donors (Lipinski definition) is 0. The van der Waals surface area contributed by atoms with E-state index in [-0.39, 0.29) is 11.2 Å². The van der Waals surface area contributed by atoms with Gasteiger partial charge in [0, 0.05) is 16.2 Å². The summed E-state index contributed by atoms with van der Waals surface area (Å²) in [5.41, 5.74) is 2.06. The van der Waals surface area contributed by atoms with Crippen molar-refractivity contribution < 1.29 is 13.7 Å². The van der Waals surface area contributed by atoms with Crippen molar-refractivity contribution in [3.63, 3.8) is 0 Å². The van der Waals surface area contributed by atoms with E-state index in [1.54, 1.807) is 0 Å². The standard InChI is InChI=1S/C26H23BO3/c1-25(2)26(3,4)30-27(29-25)18-12-14-21-20(15-18)24-22(28-21)13-11-17-10-9-16-7-5-6-8-19(16)23(17)24/h5-15H,1-4H3. The first-order valence-electron chi connectivity index (χ1n) is 10.5. The Hall–Kier alpha value is -2.82. The molecule has 0 N–H and O–H groups in total. The summed E-state index contributed by atoms with van der Waals surface area (Å²) in [4.78, 5) is 0. The summed E-state index contributed by atoms with van der Waals surface area (Å²) in [6.07, 6.45) is 0. The van der Waals surface area contributed by atoms with Gasteiger partial charge in [0.1, 0.15) is 11.2 Å². The Labute approximate surface area is 175 Å². The van der Waals surface area contributed by atoms with Crippen LogP contribution in [0.2, 0.25) is 0 Å². The molecule has 0 radical (unpaired) electrons. The maximum absolute atomic E-state index is 6.29. The molecule has 1 aliphatic heterocycles. The van der Waals surface area contributed by atoms with Gasteiger partial charge in [-0.3, -0.25) is 0 Å². The van der Waals surface area contributed by atoms with E-state index in [1.807, 2.05) is 12.1 Å². The molecule has 0 aliphatic carbocycles. The number of rotatable bonds is 1. The first-order valence-corrected chi connectivity index (χ1v) is 10.5. The van der Waals surface area contributed by atoms with Crippen LogP contribution < -0.4 is 5.46 Å². The van der Waals surface area contributed by atoms with Crippen LogP contribution in [0.5, 0.6) is 0 Å². The van der Waals surface area contributed by atoms with Gasteiger partial charge in [-0.2, -0.15) is 0 Å². The third kappa shape index (κ3) is 2.41. The second kappa shape index (κ2) is 5.87. The summed E-state index contributed by atoms with van der Waals surface area (Å²) >= 11 is 0. The predicted octanol–water partition coefficient (Wildman–Crippen LogP) is 6.19. The summed E-state index contributed by atoms with van der Waals surface area (Å²) in [5.74, 6) is 0. The van der Waals surface area contributed by atoms with E-state index in [9.17, 15) is 0 Å². The molecule has 2 heterocycles. The average Bonchev–Trinajstić information content (AvgIpc) is 3.20. The zero-order valence-corrected chi connectivity index (χ0v) is 17.7. The number of fused-ring (bicyclic) bond motifs is 7. The van der Waals surface area contributed by atoms with Gasteiger partial charge in [0.2, 0.25) is 0 Å². The van der Waals surface area contributed by atoms with Crippen molar-refractivity contribution in [2.75, 3.05) is 0 Å². The SMILES string of the molecule is CC1(C)OB(c2ccc3oc4ccc5ccc6ccccc6c5c4c3c2)OC1(C)C. The Kier molecular flexibility index (Phi) is 3.52. The molecule has 1 fully saturated rings. The first-order chi connectivity index (χ1) is 14.3. The molecule has 0 spiro atoms. The van der Waals surface area contributed by atoms with Crippen molar-refractivity contribution in [1.29, 1.82) is 0 Å². The van der Waals surface area contributed by atoms with Crippen molar-refractivity contribution in [1.82, 2.24) is 0 Å². The van der Waals surface area contributed by atoms with E-state index in [0.717, 1.165) is 27.4 Å². The summed E-state index contributed by atoms with van der Waals surface area (Å²) in [6.45, 7) is 8.33. The molecule has 6 rings (SSSR count). The van der Waals surface area contributed by atoms with Crippen LogP contribution >= 0.6 is 0 Å². The van der Waals surface area contributed by atoms with Gasteiger partial charge >= 0.3 is 7.12 Å². The minimum atomic E-state index is -0.393. The fourth-order valence-electron chi connectivity index (χ4n) is 4.51. The normalized spacial score (nSPS) is 18.2. The Balaban J connectivity index is 1.65. The predicted molar refractivity (Wildman–Crippen MR) is 124 cm³/mol.